The molecule has 0 fully saturated rings. The van der Waals surface area contributed by atoms with Gasteiger partial charge in [-0.3, -0.25) is 0 Å². The van der Waals surface area contributed by atoms with Gasteiger partial charge in [-0.15, -0.1) is 0 Å². The molecule has 0 radical (unpaired) electrons. The molecule has 0 aliphatic heterocycles. The summed E-state index contributed by atoms with van der Waals surface area (Å²) in [5, 5.41) is 14.5. The van der Waals surface area contributed by atoms with Crippen LogP contribution in [0.25, 0.3) is 0 Å². The van der Waals surface area contributed by atoms with Crippen LogP contribution in [0, 0.1) is 16.7 Å². The third kappa shape index (κ3) is 29.8. The van der Waals surface area contributed by atoms with Crippen molar-refractivity contribution in [2.24, 2.45) is 0 Å². The summed E-state index contributed by atoms with van der Waals surface area (Å²) in [5.41, 5.74) is 0.428. The summed E-state index contributed by atoms with van der Waals surface area (Å²) in [6.07, 6.45) is 0.264. The SMILES string of the molecule is CC(=N)CC#N.[Cl][Pd][Cl]. The summed E-state index contributed by atoms with van der Waals surface area (Å²) >= 11 is -0.106. The van der Waals surface area contributed by atoms with Crippen molar-refractivity contribution in [2.75, 3.05) is 0 Å². The van der Waals surface area contributed by atoms with E-state index in [4.69, 9.17) is 29.7 Å². The van der Waals surface area contributed by atoms with E-state index in [2.05, 4.69) is 0 Å². The van der Waals surface area contributed by atoms with Crippen molar-refractivity contribution in [1.29, 1.82) is 10.7 Å². The third-order valence-corrected chi connectivity index (χ3v) is 0.344. The van der Waals surface area contributed by atoms with Crippen molar-refractivity contribution in [1.82, 2.24) is 0 Å². The van der Waals surface area contributed by atoms with Crippen LogP contribution in [0.5, 0.6) is 0 Å². The van der Waals surface area contributed by atoms with Gasteiger partial charge in [0, 0.05) is 5.71 Å². The topological polar surface area (TPSA) is 47.6 Å². The van der Waals surface area contributed by atoms with Crippen molar-refractivity contribution in [3.63, 3.8) is 0 Å². The van der Waals surface area contributed by atoms with Crippen LogP contribution in [0.4, 0.5) is 0 Å². The molecule has 0 aromatic heterocycles. The molecule has 0 saturated carbocycles. The van der Waals surface area contributed by atoms with Crippen LogP contribution in [-0.2, 0) is 15.9 Å². The standard InChI is InChI=1S/C4H6N2.2ClH.Pd/c1-4(6)2-3-5;;;/h6H,2H2,1H3;2*1H;/q;;;+2/p-2. The van der Waals surface area contributed by atoms with Gasteiger partial charge in [-0.1, -0.05) is 0 Å². The van der Waals surface area contributed by atoms with Crippen molar-refractivity contribution in [3.8, 4) is 6.07 Å². The number of nitrogens with zero attached hydrogens (tertiary/aromatic N) is 1. The minimum atomic E-state index is -0.106. The average molecular weight is 259 g/mol. The molecule has 0 heterocycles. The molecule has 0 aliphatic rings. The van der Waals surface area contributed by atoms with Crippen molar-refractivity contribution < 1.29 is 15.9 Å². The summed E-state index contributed by atoms with van der Waals surface area (Å²) in [6, 6.07) is 1.84. The van der Waals surface area contributed by atoms with Crippen LogP contribution in [0.2, 0.25) is 0 Å². The molecule has 2 nitrogen and oxygen atoms in total. The fraction of sp³-hybridized carbons (Fsp3) is 0.500. The number of halogens is 2. The first kappa shape index (κ1) is 12.1. The number of hydrogen-bond donors (Lipinski definition) is 1. The van der Waals surface area contributed by atoms with Gasteiger partial charge in [0.05, 0.1) is 12.5 Å². The Kier molecular flexibility index (Phi) is 15.1. The van der Waals surface area contributed by atoms with E-state index >= 15 is 0 Å². The Balaban J connectivity index is 0. The molecule has 0 aliphatic carbocycles. The molecule has 0 unspecified atom stereocenters. The second-order valence-electron chi connectivity index (χ2n) is 1.16. The summed E-state index contributed by atoms with van der Waals surface area (Å²) < 4.78 is 0. The Labute approximate surface area is 70.8 Å². The molecule has 0 saturated heterocycles. The van der Waals surface area contributed by atoms with Crippen molar-refractivity contribution in [3.05, 3.63) is 0 Å². The van der Waals surface area contributed by atoms with E-state index in [0.717, 1.165) is 0 Å². The molecule has 0 bridgehead atoms. The molecule has 0 spiro atoms. The first-order chi connectivity index (χ1) is 4.18. The summed E-state index contributed by atoms with van der Waals surface area (Å²) in [7, 11) is 9.63. The maximum atomic E-state index is 7.85. The van der Waals surface area contributed by atoms with Crippen molar-refractivity contribution >= 4 is 24.8 Å². The molecule has 0 aromatic rings. The van der Waals surface area contributed by atoms with Crippen LogP contribution in [-0.4, -0.2) is 5.71 Å². The molecule has 56 valence electrons. The van der Waals surface area contributed by atoms with Gasteiger partial charge in [-0.25, -0.2) is 0 Å². The Morgan fingerprint density at radius 3 is 2.11 bits per heavy atom. The molecule has 1 N–H and O–H groups in total. The number of rotatable bonds is 1. The van der Waals surface area contributed by atoms with Gasteiger partial charge >= 0.3 is 35.0 Å². The summed E-state index contributed by atoms with van der Waals surface area (Å²) in [4.78, 5) is 0. The molecule has 5 heteroatoms. The van der Waals surface area contributed by atoms with Gasteiger partial charge in [-0.2, -0.15) is 5.26 Å². The molecule has 0 amide bonds. The van der Waals surface area contributed by atoms with Gasteiger partial charge in [0.2, 0.25) is 0 Å². The van der Waals surface area contributed by atoms with Crippen LogP contribution in [0.1, 0.15) is 13.3 Å². The van der Waals surface area contributed by atoms with Gasteiger partial charge in [0.15, 0.2) is 0 Å². The van der Waals surface area contributed by atoms with E-state index < -0.39 is 0 Å². The summed E-state index contributed by atoms with van der Waals surface area (Å²) in [5.74, 6) is 0. The van der Waals surface area contributed by atoms with E-state index in [0.29, 0.717) is 5.71 Å². The maximum absolute atomic E-state index is 7.85. The van der Waals surface area contributed by atoms with Crippen LogP contribution in [0.3, 0.4) is 0 Å². The zero-order chi connectivity index (χ0) is 7.70. The number of nitriles is 1. The Hall–Kier alpha value is 0.402. The quantitative estimate of drug-likeness (QED) is 0.570. The molecule has 0 rings (SSSR count). The number of hydrogen-bond acceptors (Lipinski definition) is 2. The van der Waals surface area contributed by atoms with E-state index in [1.54, 1.807) is 6.92 Å². The molecule has 0 atom stereocenters. The van der Waals surface area contributed by atoms with E-state index in [-0.39, 0.29) is 22.4 Å². The van der Waals surface area contributed by atoms with Crippen LogP contribution in [0.15, 0.2) is 0 Å². The van der Waals surface area contributed by atoms with Gasteiger partial charge < -0.3 is 5.41 Å². The Bertz CT molecular complexity index is 110. The number of nitrogens with one attached hydrogen (secondary N) is 1. The van der Waals surface area contributed by atoms with E-state index in [9.17, 15) is 0 Å². The monoisotopic (exact) mass is 258 g/mol. The molecular formula is C4H6Cl2N2Pd. The molecular weight excluding hydrogens is 253 g/mol. The minimum absolute atomic E-state index is 0.106. The van der Waals surface area contributed by atoms with Crippen LogP contribution >= 0.6 is 19.1 Å². The zero-order valence-corrected chi connectivity index (χ0v) is 7.79. The van der Waals surface area contributed by atoms with Crippen LogP contribution < -0.4 is 0 Å². The van der Waals surface area contributed by atoms with Gasteiger partial charge in [0.1, 0.15) is 0 Å². The fourth-order valence-electron chi connectivity index (χ4n) is 0.119. The van der Waals surface area contributed by atoms with Crippen molar-refractivity contribution in [2.45, 2.75) is 13.3 Å². The normalized spacial score (nSPS) is 6.89. The second-order valence-corrected chi connectivity index (χ2v) is 3.52. The Morgan fingerprint density at radius 1 is 1.78 bits per heavy atom. The Morgan fingerprint density at radius 2 is 2.11 bits per heavy atom. The average Bonchev–Trinajstić information content (AvgIpc) is 1.67. The van der Waals surface area contributed by atoms with E-state index in [1.807, 2.05) is 6.07 Å². The summed E-state index contributed by atoms with van der Waals surface area (Å²) in [6.45, 7) is 1.61. The van der Waals surface area contributed by atoms with Gasteiger partial charge in [0.25, 0.3) is 0 Å². The molecule has 0 aromatic carbocycles. The predicted octanol–water partition coefficient (Wildman–Crippen LogP) is 2.32. The predicted molar refractivity (Wildman–Crippen MR) is 35.3 cm³/mol. The first-order valence-corrected chi connectivity index (χ1v) is 5.92. The first-order valence-electron chi connectivity index (χ1n) is 1.92. The van der Waals surface area contributed by atoms with E-state index in [1.165, 1.54) is 0 Å². The third-order valence-electron chi connectivity index (χ3n) is 0.344. The fourth-order valence-corrected chi connectivity index (χ4v) is 0.119. The second kappa shape index (κ2) is 11.2. The zero-order valence-electron chi connectivity index (χ0n) is 4.73. The molecule has 9 heavy (non-hydrogen) atoms. The van der Waals surface area contributed by atoms with Gasteiger partial charge in [-0.05, 0) is 6.92 Å².